The van der Waals surface area contributed by atoms with Gasteiger partial charge in [0.2, 0.25) is 0 Å². The fraction of sp³-hybridized carbons (Fsp3) is 0.250. The van der Waals surface area contributed by atoms with E-state index in [4.69, 9.17) is 4.74 Å². The second-order valence-electron chi connectivity index (χ2n) is 2.59. The van der Waals surface area contributed by atoms with Crippen LogP contribution < -0.4 is 56.1 Å². The third kappa shape index (κ3) is 3.61. The predicted octanol–water partition coefficient (Wildman–Crippen LogP) is -2.09. The molecule has 0 N–H and O–H groups in total. The molecule has 1 aromatic carbocycles. The summed E-state index contributed by atoms with van der Waals surface area (Å²) in [5.41, 5.74) is 0.787. The van der Waals surface area contributed by atoms with Crippen molar-refractivity contribution < 1.29 is 69.1 Å². The van der Waals surface area contributed by atoms with Crippen LogP contribution in [0, 0.1) is 6.92 Å². The Kier molecular flexibility index (Phi) is 5.82. The van der Waals surface area contributed by atoms with Crippen molar-refractivity contribution in [2.75, 3.05) is 7.11 Å². The molecule has 0 unspecified atom stereocenters. The van der Waals surface area contributed by atoms with Crippen molar-refractivity contribution in [1.29, 1.82) is 0 Å². The molecular formula is C8H9KO4S. The molecule has 4 nitrogen and oxygen atoms in total. The van der Waals surface area contributed by atoms with E-state index < -0.39 is 10.1 Å². The van der Waals surface area contributed by atoms with Gasteiger partial charge in [-0.15, -0.1) is 0 Å². The molecular weight excluding hydrogens is 231 g/mol. The second-order valence-corrected chi connectivity index (χ2v) is 3.97. The first-order valence-corrected chi connectivity index (χ1v) is 4.96. The van der Waals surface area contributed by atoms with Gasteiger partial charge in [0.25, 0.3) is 0 Å². The minimum Gasteiger partial charge on any atom is -0.744 e. The quantitative estimate of drug-likeness (QED) is 0.439. The molecule has 0 saturated carbocycles. The van der Waals surface area contributed by atoms with Crippen molar-refractivity contribution >= 4 is 10.1 Å². The molecule has 0 aliphatic heterocycles. The molecule has 1 aromatic rings. The van der Waals surface area contributed by atoms with Crippen LogP contribution in [0.4, 0.5) is 0 Å². The summed E-state index contributed by atoms with van der Waals surface area (Å²) in [5.74, 6) is 0.400. The van der Waals surface area contributed by atoms with Crippen LogP contribution in [0.15, 0.2) is 23.1 Å². The van der Waals surface area contributed by atoms with Crippen LogP contribution >= 0.6 is 0 Å². The van der Waals surface area contributed by atoms with Crippen LogP contribution in [-0.2, 0) is 10.1 Å². The summed E-state index contributed by atoms with van der Waals surface area (Å²) < 4.78 is 36.7. The molecule has 0 aliphatic carbocycles. The van der Waals surface area contributed by atoms with Crippen LogP contribution in [-0.4, -0.2) is 20.1 Å². The summed E-state index contributed by atoms with van der Waals surface area (Å²) in [6.07, 6.45) is 0. The Morgan fingerprint density at radius 1 is 1.36 bits per heavy atom. The summed E-state index contributed by atoms with van der Waals surface area (Å²) >= 11 is 0. The van der Waals surface area contributed by atoms with Gasteiger partial charge in [-0.05, 0) is 24.6 Å². The van der Waals surface area contributed by atoms with Crippen LogP contribution in [0.2, 0.25) is 0 Å². The van der Waals surface area contributed by atoms with Gasteiger partial charge in [-0.3, -0.25) is 0 Å². The minimum absolute atomic E-state index is 0. The monoisotopic (exact) mass is 240 g/mol. The summed E-state index contributed by atoms with van der Waals surface area (Å²) in [4.78, 5) is -0.269. The Morgan fingerprint density at radius 3 is 2.36 bits per heavy atom. The van der Waals surface area contributed by atoms with E-state index in [2.05, 4.69) is 0 Å². The van der Waals surface area contributed by atoms with E-state index in [0.29, 0.717) is 5.75 Å². The van der Waals surface area contributed by atoms with Crippen molar-refractivity contribution in [3.05, 3.63) is 23.8 Å². The zero-order chi connectivity index (χ0) is 10.1. The molecule has 72 valence electrons. The van der Waals surface area contributed by atoms with E-state index in [9.17, 15) is 13.0 Å². The van der Waals surface area contributed by atoms with Crippen LogP contribution in [0.5, 0.6) is 5.75 Å². The number of methoxy groups -OCH3 is 1. The van der Waals surface area contributed by atoms with Gasteiger partial charge in [0.15, 0.2) is 0 Å². The molecule has 0 fully saturated rings. The zero-order valence-corrected chi connectivity index (χ0v) is 12.2. The predicted molar refractivity (Wildman–Crippen MR) is 45.7 cm³/mol. The van der Waals surface area contributed by atoms with Gasteiger partial charge in [-0.1, -0.05) is 6.07 Å². The Hall–Kier alpha value is 0.566. The van der Waals surface area contributed by atoms with E-state index in [1.807, 2.05) is 0 Å². The Labute approximate surface area is 126 Å². The Morgan fingerprint density at radius 2 is 1.93 bits per heavy atom. The summed E-state index contributed by atoms with van der Waals surface area (Å²) in [6.45, 7) is 1.76. The topological polar surface area (TPSA) is 66.4 Å². The number of rotatable bonds is 2. The third-order valence-corrected chi connectivity index (χ3v) is 2.50. The minimum atomic E-state index is -4.38. The standard InChI is InChI=1S/C8H10O4S.K/c1-6-3-4-7(13(9,10)11)5-8(6)12-2;/h3-5H,1-2H3,(H,9,10,11);/q;+1/p-1. The fourth-order valence-corrected chi connectivity index (χ4v) is 1.44. The average Bonchev–Trinajstić information content (AvgIpc) is 2.03. The summed E-state index contributed by atoms with van der Waals surface area (Å²) in [7, 11) is -2.96. The molecule has 0 spiro atoms. The van der Waals surface area contributed by atoms with Gasteiger partial charge in [0, 0.05) is 0 Å². The first-order valence-electron chi connectivity index (χ1n) is 3.55. The van der Waals surface area contributed by atoms with Crippen molar-refractivity contribution in [3.8, 4) is 5.75 Å². The average molecular weight is 240 g/mol. The number of ether oxygens (including phenoxy) is 1. The largest absolute Gasteiger partial charge is 1.00 e. The van der Waals surface area contributed by atoms with Crippen molar-refractivity contribution in [3.63, 3.8) is 0 Å². The second kappa shape index (κ2) is 5.60. The van der Waals surface area contributed by atoms with Gasteiger partial charge in [0.1, 0.15) is 15.9 Å². The maximum atomic E-state index is 10.6. The number of hydrogen-bond acceptors (Lipinski definition) is 4. The van der Waals surface area contributed by atoms with Crippen molar-refractivity contribution in [2.45, 2.75) is 11.8 Å². The molecule has 0 aliphatic rings. The van der Waals surface area contributed by atoms with Gasteiger partial charge in [-0.2, -0.15) is 0 Å². The van der Waals surface area contributed by atoms with Gasteiger partial charge in [0.05, 0.1) is 12.0 Å². The zero-order valence-electron chi connectivity index (χ0n) is 8.27. The molecule has 0 radical (unpaired) electrons. The molecule has 0 amide bonds. The molecule has 6 heteroatoms. The van der Waals surface area contributed by atoms with Gasteiger partial charge >= 0.3 is 51.4 Å². The number of benzene rings is 1. The summed E-state index contributed by atoms with van der Waals surface area (Å²) in [6, 6.07) is 4.02. The molecule has 14 heavy (non-hydrogen) atoms. The normalized spacial score (nSPS) is 10.5. The smallest absolute Gasteiger partial charge is 0.744 e. The Balaban J connectivity index is 0.00000169. The van der Waals surface area contributed by atoms with Crippen molar-refractivity contribution in [1.82, 2.24) is 0 Å². The van der Waals surface area contributed by atoms with Crippen LogP contribution in [0.25, 0.3) is 0 Å². The van der Waals surface area contributed by atoms with E-state index >= 15 is 0 Å². The van der Waals surface area contributed by atoms with Gasteiger partial charge < -0.3 is 9.29 Å². The van der Waals surface area contributed by atoms with E-state index in [-0.39, 0.29) is 56.3 Å². The SMILES string of the molecule is COc1cc(S(=O)(=O)[O-])ccc1C.[K+]. The van der Waals surface area contributed by atoms with E-state index in [0.717, 1.165) is 5.56 Å². The fourth-order valence-electron chi connectivity index (χ4n) is 0.956. The molecule has 0 atom stereocenters. The molecule has 0 saturated heterocycles. The number of aryl methyl sites for hydroxylation is 1. The molecule has 1 rings (SSSR count). The molecule has 0 bridgehead atoms. The first kappa shape index (κ1) is 14.6. The maximum absolute atomic E-state index is 10.6. The van der Waals surface area contributed by atoms with E-state index in [1.165, 1.54) is 25.3 Å². The van der Waals surface area contributed by atoms with Crippen molar-refractivity contribution in [2.24, 2.45) is 0 Å². The summed E-state index contributed by atoms with van der Waals surface area (Å²) in [5, 5.41) is 0. The van der Waals surface area contributed by atoms with Gasteiger partial charge in [-0.25, -0.2) is 8.42 Å². The molecule has 0 aromatic heterocycles. The number of hydrogen-bond donors (Lipinski definition) is 0. The maximum Gasteiger partial charge on any atom is 1.00 e. The van der Waals surface area contributed by atoms with E-state index in [1.54, 1.807) is 6.92 Å². The first-order chi connectivity index (χ1) is 5.95. The third-order valence-electron chi connectivity index (χ3n) is 1.67. The van der Waals surface area contributed by atoms with Crippen LogP contribution in [0.1, 0.15) is 5.56 Å². The molecule has 0 heterocycles. The van der Waals surface area contributed by atoms with Crippen LogP contribution in [0.3, 0.4) is 0 Å². The Bertz CT molecular complexity index is 413.